The summed E-state index contributed by atoms with van der Waals surface area (Å²) in [5.41, 5.74) is -0.454. The van der Waals surface area contributed by atoms with Crippen molar-refractivity contribution in [2.45, 2.75) is 205 Å². The lowest BCUT2D eigenvalue weighted by atomic mass is 9.71. The zero-order valence-electron chi connectivity index (χ0n) is 37.5. The Morgan fingerprint density at radius 3 is 1.27 bits per heavy atom. The number of hydrogen-bond donors (Lipinski definition) is 1. The highest BCUT2D eigenvalue weighted by molar-refractivity contribution is 6.07. The van der Waals surface area contributed by atoms with E-state index in [0.29, 0.717) is 31.2 Å². The quantitative estimate of drug-likeness (QED) is 0.180. The zero-order valence-corrected chi connectivity index (χ0v) is 37.5. The van der Waals surface area contributed by atoms with Crippen molar-refractivity contribution in [1.29, 1.82) is 0 Å². The van der Waals surface area contributed by atoms with Crippen LogP contribution in [0.4, 0.5) is 0 Å². The Hall–Kier alpha value is -2.90. The predicted molar refractivity (Wildman–Crippen MR) is 226 cm³/mol. The number of rotatable bonds is 11. The third-order valence-electron chi connectivity index (χ3n) is 14.7. The maximum atomic E-state index is 15.6. The van der Waals surface area contributed by atoms with E-state index in [-0.39, 0.29) is 46.5 Å². The molecular weight excluding hydrogens is 685 g/mol. The van der Waals surface area contributed by atoms with Crippen molar-refractivity contribution >= 4 is 11.9 Å². The Bertz CT molecular complexity index is 1540. The molecule has 308 valence electrons. The lowest BCUT2D eigenvalue weighted by Crippen LogP contribution is -2.63. The van der Waals surface area contributed by atoms with E-state index in [1.807, 2.05) is 42.5 Å². The standard InChI is InChI=1S/C48H76N2O5/c1-17-44(11)29-35(30-45(12,18-2)49(44)15)54-40(52)48(34-24-22-21-23-25-34,28-33-26-37(42(5,6)7)39(51)38(27-33)43(8,9)10)41(53)55-36-31-46(13,19-3)50(16)47(14,20-4)32-36/h21-27,35-36,51H,17-20,28-32H2,1-16H3. The summed E-state index contributed by atoms with van der Waals surface area (Å²) in [5.74, 6) is -0.878. The van der Waals surface area contributed by atoms with Crippen LogP contribution in [0, 0.1) is 0 Å². The van der Waals surface area contributed by atoms with Gasteiger partial charge in [0.05, 0.1) is 0 Å². The molecule has 4 unspecified atom stereocenters. The van der Waals surface area contributed by atoms with Gasteiger partial charge in [-0.25, -0.2) is 0 Å². The van der Waals surface area contributed by atoms with Crippen molar-refractivity contribution in [2.75, 3.05) is 14.1 Å². The molecule has 2 aliphatic rings. The van der Waals surface area contributed by atoms with Crippen molar-refractivity contribution in [3.05, 3.63) is 64.7 Å². The van der Waals surface area contributed by atoms with Crippen LogP contribution in [-0.2, 0) is 41.7 Å². The van der Waals surface area contributed by atoms with Gasteiger partial charge in [0.15, 0.2) is 5.41 Å². The van der Waals surface area contributed by atoms with Crippen LogP contribution in [0.2, 0.25) is 0 Å². The number of nitrogens with zero attached hydrogens (tertiary/aromatic N) is 2. The molecule has 0 radical (unpaired) electrons. The van der Waals surface area contributed by atoms with E-state index < -0.39 is 28.2 Å². The molecule has 0 aliphatic carbocycles. The predicted octanol–water partition coefficient (Wildman–Crippen LogP) is 10.4. The molecule has 4 atom stereocenters. The number of ether oxygens (including phenoxy) is 2. The van der Waals surface area contributed by atoms with Crippen LogP contribution in [0.1, 0.15) is 171 Å². The number of esters is 2. The molecule has 0 saturated carbocycles. The van der Waals surface area contributed by atoms with Crippen LogP contribution in [-0.4, -0.2) is 75.3 Å². The largest absolute Gasteiger partial charge is 0.507 e. The van der Waals surface area contributed by atoms with Gasteiger partial charge in [-0.1, -0.05) is 112 Å². The van der Waals surface area contributed by atoms with Gasteiger partial charge >= 0.3 is 11.9 Å². The second-order valence-corrected chi connectivity index (χ2v) is 20.4. The number of carbonyl (C=O) groups excluding carboxylic acids is 2. The molecule has 0 spiro atoms. The van der Waals surface area contributed by atoms with Crippen molar-refractivity contribution in [2.24, 2.45) is 0 Å². The number of aromatic hydroxyl groups is 1. The summed E-state index contributed by atoms with van der Waals surface area (Å²) >= 11 is 0. The number of carbonyl (C=O) groups is 2. The summed E-state index contributed by atoms with van der Waals surface area (Å²) in [4.78, 5) is 36.1. The van der Waals surface area contributed by atoms with E-state index >= 15 is 9.59 Å². The Morgan fingerprint density at radius 2 is 0.982 bits per heavy atom. The summed E-state index contributed by atoms with van der Waals surface area (Å²) in [7, 11) is 4.38. The first-order chi connectivity index (χ1) is 25.3. The van der Waals surface area contributed by atoms with E-state index in [4.69, 9.17) is 9.47 Å². The topological polar surface area (TPSA) is 79.3 Å². The van der Waals surface area contributed by atoms with Gasteiger partial charge in [-0.2, -0.15) is 0 Å². The minimum atomic E-state index is -1.80. The van der Waals surface area contributed by atoms with Crippen LogP contribution < -0.4 is 0 Å². The van der Waals surface area contributed by atoms with Crippen molar-refractivity contribution in [3.8, 4) is 5.75 Å². The van der Waals surface area contributed by atoms with Gasteiger partial charge < -0.3 is 14.6 Å². The number of hydrogen-bond acceptors (Lipinski definition) is 7. The second kappa shape index (κ2) is 15.8. The molecule has 7 nitrogen and oxygen atoms in total. The van der Waals surface area contributed by atoms with Crippen LogP contribution in [0.3, 0.4) is 0 Å². The van der Waals surface area contributed by atoms with E-state index in [1.165, 1.54) is 0 Å². The summed E-state index contributed by atoms with van der Waals surface area (Å²) < 4.78 is 13.5. The first kappa shape index (κ1) is 44.8. The molecule has 0 amide bonds. The molecule has 7 heteroatoms. The molecular formula is C48H76N2O5. The van der Waals surface area contributed by atoms with Crippen molar-refractivity contribution in [3.63, 3.8) is 0 Å². The average molecular weight is 761 g/mol. The lowest BCUT2D eigenvalue weighted by molar-refractivity contribution is -0.182. The van der Waals surface area contributed by atoms with Gasteiger partial charge in [0, 0.05) is 54.3 Å². The summed E-state index contributed by atoms with van der Waals surface area (Å²) in [5, 5.41) is 11.7. The number of likely N-dealkylation sites (tertiary alicyclic amines) is 2. The molecule has 2 aliphatic heterocycles. The molecule has 4 rings (SSSR count). The normalized spacial score (nSPS) is 30.8. The van der Waals surface area contributed by atoms with Crippen molar-refractivity contribution in [1.82, 2.24) is 9.80 Å². The van der Waals surface area contributed by atoms with Crippen LogP contribution in [0.25, 0.3) is 0 Å². The zero-order chi connectivity index (χ0) is 41.6. The highest BCUT2D eigenvalue weighted by Crippen LogP contribution is 2.47. The molecule has 2 fully saturated rings. The second-order valence-electron chi connectivity index (χ2n) is 20.4. The molecule has 1 N–H and O–H groups in total. The molecule has 2 heterocycles. The fraction of sp³-hybridized carbons (Fsp3) is 0.708. The van der Waals surface area contributed by atoms with Gasteiger partial charge in [-0.15, -0.1) is 0 Å². The smallest absolute Gasteiger partial charge is 0.328 e. The minimum absolute atomic E-state index is 0.0343. The maximum absolute atomic E-state index is 15.6. The molecule has 0 aromatic heterocycles. The molecule has 2 saturated heterocycles. The van der Waals surface area contributed by atoms with Crippen LogP contribution in [0.15, 0.2) is 42.5 Å². The fourth-order valence-electron chi connectivity index (χ4n) is 9.69. The van der Waals surface area contributed by atoms with Gasteiger partial charge in [0.1, 0.15) is 18.0 Å². The van der Waals surface area contributed by atoms with E-state index in [9.17, 15) is 5.11 Å². The third kappa shape index (κ3) is 8.54. The lowest BCUT2D eigenvalue weighted by Gasteiger charge is -2.56. The third-order valence-corrected chi connectivity index (χ3v) is 14.7. The average Bonchev–Trinajstić information content (AvgIpc) is 3.11. The van der Waals surface area contributed by atoms with E-state index in [1.54, 1.807) is 0 Å². The summed E-state index contributed by atoms with van der Waals surface area (Å²) in [6.45, 7) is 30.3. The Kier molecular flexibility index (Phi) is 12.9. The summed E-state index contributed by atoms with van der Waals surface area (Å²) in [6, 6.07) is 13.4. The highest BCUT2D eigenvalue weighted by atomic mass is 16.6. The minimum Gasteiger partial charge on any atom is -0.507 e. The van der Waals surface area contributed by atoms with Gasteiger partial charge in [0.25, 0.3) is 0 Å². The SMILES string of the molecule is CCC1(C)CC(OC(=O)C(Cc2cc(C(C)(C)C)c(O)c(C(C)(C)C)c2)(C(=O)OC2CC(C)(CC)N(C)C(C)(CC)C2)c2ccccc2)CC(C)(CC)N1C. The van der Waals surface area contributed by atoms with Crippen LogP contribution in [0.5, 0.6) is 5.75 Å². The molecule has 0 bridgehead atoms. The van der Waals surface area contributed by atoms with Crippen molar-refractivity contribution < 1.29 is 24.2 Å². The maximum Gasteiger partial charge on any atom is 0.328 e. The molecule has 2 aromatic rings. The molecule has 2 aromatic carbocycles. The van der Waals surface area contributed by atoms with Gasteiger partial charge in [0.2, 0.25) is 0 Å². The Balaban J connectivity index is 1.96. The first-order valence-corrected chi connectivity index (χ1v) is 21.1. The highest BCUT2D eigenvalue weighted by Gasteiger charge is 2.56. The monoisotopic (exact) mass is 761 g/mol. The molecule has 55 heavy (non-hydrogen) atoms. The Labute approximate surface area is 334 Å². The first-order valence-electron chi connectivity index (χ1n) is 21.1. The number of piperidine rings is 2. The fourth-order valence-corrected chi connectivity index (χ4v) is 9.69. The number of phenolic OH excluding ortho intramolecular Hbond substituents is 1. The number of phenols is 1. The van der Waals surface area contributed by atoms with E-state index in [2.05, 4.69) is 121 Å². The van der Waals surface area contributed by atoms with Gasteiger partial charge in [-0.05, 0) is 101 Å². The van der Waals surface area contributed by atoms with E-state index in [0.717, 1.165) is 42.4 Å². The Morgan fingerprint density at radius 1 is 0.655 bits per heavy atom. The summed E-state index contributed by atoms with van der Waals surface area (Å²) in [6.07, 6.45) is 5.54. The van der Waals surface area contributed by atoms with Gasteiger partial charge in [-0.3, -0.25) is 19.4 Å². The van der Waals surface area contributed by atoms with Crippen LogP contribution >= 0.6 is 0 Å². The number of benzene rings is 2.